The molecule has 1 saturated heterocycles. The van der Waals surface area contributed by atoms with Crippen molar-refractivity contribution < 1.29 is 4.74 Å². The van der Waals surface area contributed by atoms with Crippen LogP contribution in [0.4, 0.5) is 5.69 Å². The molecule has 1 aliphatic rings. The van der Waals surface area contributed by atoms with E-state index >= 15 is 0 Å². The maximum absolute atomic E-state index is 6.15. The molecule has 1 atom stereocenters. The highest BCUT2D eigenvalue weighted by Gasteiger charge is 2.46. The molecule has 1 unspecified atom stereocenters. The van der Waals surface area contributed by atoms with E-state index in [0.29, 0.717) is 6.04 Å². The van der Waals surface area contributed by atoms with Crippen LogP contribution in [-0.4, -0.2) is 17.2 Å². The third-order valence-corrected chi connectivity index (χ3v) is 4.45. The van der Waals surface area contributed by atoms with Crippen molar-refractivity contribution >= 4 is 21.6 Å². The van der Waals surface area contributed by atoms with Gasteiger partial charge in [0.15, 0.2) is 0 Å². The number of halogens is 1. The molecule has 1 aromatic rings. The first kappa shape index (κ1) is 14.9. The van der Waals surface area contributed by atoms with Crippen LogP contribution in [-0.2, 0) is 4.74 Å². The van der Waals surface area contributed by atoms with Gasteiger partial charge in [-0.05, 0) is 81.1 Å². The maximum Gasteiger partial charge on any atom is 0.0834 e. The minimum absolute atomic E-state index is 0.0632. The van der Waals surface area contributed by atoms with Gasteiger partial charge < -0.3 is 10.1 Å². The first-order valence-corrected chi connectivity index (χ1v) is 7.63. The van der Waals surface area contributed by atoms with E-state index in [4.69, 9.17) is 4.74 Å². The highest BCUT2D eigenvalue weighted by Crippen LogP contribution is 2.40. The molecule has 2 rings (SSSR count). The van der Waals surface area contributed by atoms with Gasteiger partial charge in [-0.3, -0.25) is 0 Å². The first-order valence-electron chi connectivity index (χ1n) is 6.84. The van der Waals surface area contributed by atoms with Crippen LogP contribution in [0.5, 0.6) is 0 Å². The Bertz CT molecular complexity index is 471. The van der Waals surface area contributed by atoms with Gasteiger partial charge in [-0.1, -0.05) is 6.07 Å². The summed E-state index contributed by atoms with van der Waals surface area (Å²) in [5.74, 6) is 0. The van der Waals surface area contributed by atoms with Crippen molar-refractivity contribution in [2.24, 2.45) is 0 Å². The van der Waals surface area contributed by atoms with Crippen molar-refractivity contribution in [1.29, 1.82) is 0 Å². The molecule has 19 heavy (non-hydrogen) atoms. The molecule has 1 fully saturated rings. The van der Waals surface area contributed by atoms with Crippen LogP contribution < -0.4 is 5.32 Å². The summed E-state index contributed by atoms with van der Waals surface area (Å²) in [6.45, 7) is 12.9. The van der Waals surface area contributed by atoms with Crippen molar-refractivity contribution in [1.82, 2.24) is 0 Å². The number of ether oxygens (including phenoxy) is 1. The SMILES string of the molecule is Cc1cc(C)c(NC2CC(C)(C)OC2(C)C)c(Br)c1. The standard InChI is InChI=1S/C16H24BrNO/c1-10-7-11(2)14(12(17)8-10)18-13-9-15(3,4)19-16(13,5)6/h7-8,13,18H,9H2,1-6H3. The largest absolute Gasteiger partial charge is 0.378 e. The van der Waals surface area contributed by atoms with Crippen LogP contribution in [0, 0.1) is 13.8 Å². The highest BCUT2D eigenvalue weighted by molar-refractivity contribution is 9.10. The van der Waals surface area contributed by atoms with E-state index in [9.17, 15) is 0 Å². The number of benzene rings is 1. The fraction of sp³-hybridized carbons (Fsp3) is 0.625. The van der Waals surface area contributed by atoms with Gasteiger partial charge in [0.2, 0.25) is 0 Å². The summed E-state index contributed by atoms with van der Waals surface area (Å²) in [6, 6.07) is 4.69. The number of aryl methyl sites for hydroxylation is 2. The lowest BCUT2D eigenvalue weighted by Crippen LogP contribution is -2.38. The van der Waals surface area contributed by atoms with Gasteiger partial charge in [-0.2, -0.15) is 0 Å². The first-order chi connectivity index (χ1) is 8.61. The smallest absolute Gasteiger partial charge is 0.0834 e. The van der Waals surface area contributed by atoms with E-state index in [1.165, 1.54) is 16.8 Å². The van der Waals surface area contributed by atoms with Gasteiger partial charge in [-0.25, -0.2) is 0 Å². The molecule has 2 nitrogen and oxygen atoms in total. The van der Waals surface area contributed by atoms with Gasteiger partial charge in [0, 0.05) is 4.47 Å². The molecular formula is C16H24BrNO. The molecule has 106 valence electrons. The van der Waals surface area contributed by atoms with Gasteiger partial charge in [-0.15, -0.1) is 0 Å². The Morgan fingerprint density at radius 2 is 1.84 bits per heavy atom. The molecule has 0 amide bonds. The van der Waals surface area contributed by atoms with Crippen molar-refractivity contribution in [2.75, 3.05) is 5.32 Å². The number of hydrogen-bond donors (Lipinski definition) is 1. The van der Waals surface area contributed by atoms with Crippen LogP contribution in [0.2, 0.25) is 0 Å². The fourth-order valence-corrected chi connectivity index (χ4v) is 3.85. The summed E-state index contributed by atoms with van der Waals surface area (Å²) in [4.78, 5) is 0. The van der Waals surface area contributed by atoms with E-state index in [-0.39, 0.29) is 11.2 Å². The number of rotatable bonds is 2. The molecular weight excluding hydrogens is 302 g/mol. The zero-order valence-electron chi connectivity index (χ0n) is 12.7. The monoisotopic (exact) mass is 325 g/mol. The van der Waals surface area contributed by atoms with Crippen molar-refractivity contribution in [3.63, 3.8) is 0 Å². The number of hydrogen-bond acceptors (Lipinski definition) is 2. The van der Waals surface area contributed by atoms with Crippen LogP contribution in [0.15, 0.2) is 16.6 Å². The Labute approximate surface area is 125 Å². The third-order valence-electron chi connectivity index (χ3n) is 3.82. The lowest BCUT2D eigenvalue weighted by molar-refractivity contribution is -0.0662. The third kappa shape index (κ3) is 3.14. The molecule has 1 aliphatic heterocycles. The zero-order valence-corrected chi connectivity index (χ0v) is 14.3. The molecule has 3 heteroatoms. The minimum Gasteiger partial charge on any atom is -0.378 e. The predicted octanol–water partition coefficient (Wildman–Crippen LogP) is 4.82. The number of anilines is 1. The van der Waals surface area contributed by atoms with Gasteiger partial charge in [0.1, 0.15) is 0 Å². The van der Waals surface area contributed by atoms with E-state index in [0.717, 1.165) is 10.9 Å². The van der Waals surface area contributed by atoms with Crippen LogP contribution in [0.1, 0.15) is 45.2 Å². The van der Waals surface area contributed by atoms with Crippen molar-refractivity contribution in [3.8, 4) is 0 Å². The topological polar surface area (TPSA) is 21.3 Å². The molecule has 0 aromatic heterocycles. The second kappa shape index (κ2) is 4.78. The molecule has 1 aromatic carbocycles. The van der Waals surface area contributed by atoms with Gasteiger partial charge >= 0.3 is 0 Å². The van der Waals surface area contributed by atoms with Crippen molar-refractivity contribution in [3.05, 3.63) is 27.7 Å². The normalized spacial score (nSPS) is 24.5. The zero-order chi connectivity index (χ0) is 14.4. The summed E-state index contributed by atoms with van der Waals surface area (Å²) < 4.78 is 7.28. The van der Waals surface area contributed by atoms with Crippen molar-refractivity contribution in [2.45, 2.75) is 65.2 Å². The Balaban J connectivity index is 2.27. The van der Waals surface area contributed by atoms with E-state index in [1.54, 1.807) is 0 Å². The summed E-state index contributed by atoms with van der Waals surface area (Å²) in [7, 11) is 0. The maximum atomic E-state index is 6.15. The summed E-state index contributed by atoms with van der Waals surface area (Å²) in [5, 5.41) is 3.68. The molecule has 0 saturated carbocycles. The lowest BCUT2D eigenvalue weighted by Gasteiger charge is -2.29. The van der Waals surface area contributed by atoms with E-state index in [2.05, 4.69) is 74.9 Å². The summed E-state index contributed by atoms with van der Waals surface area (Å²) in [5.41, 5.74) is 3.52. The highest BCUT2D eigenvalue weighted by atomic mass is 79.9. The molecule has 1 N–H and O–H groups in total. The van der Waals surface area contributed by atoms with E-state index < -0.39 is 0 Å². The Morgan fingerprint density at radius 1 is 1.21 bits per heavy atom. The van der Waals surface area contributed by atoms with Gasteiger partial charge in [0.05, 0.1) is 22.9 Å². The average molecular weight is 326 g/mol. The second-order valence-electron chi connectivity index (χ2n) is 6.80. The second-order valence-corrected chi connectivity index (χ2v) is 7.66. The molecule has 0 aliphatic carbocycles. The molecule has 0 radical (unpaired) electrons. The fourth-order valence-electron chi connectivity index (χ4n) is 3.06. The molecule has 0 bridgehead atoms. The van der Waals surface area contributed by atoms with Crippen LogP contribution in [0.3, 0.4) is 0 Å². The minimum atomic E-state index is -0.153. The molecule has 0 spiro atoms. The number of nitrogens with one attached hydrogen (secondary N) is 1. The quantitative estimate of drug-likeness (QED) is 0.841. The summed E-state index contributed by atoms with van der Waals surface area (Å²) >= 11 is 3.67. The van der Waals surface area contributed by atoms with E-state index in [1.807, 2.05) is 0 Å². The Morgan fingerprint density at radius 3 is 2.32 bits per heavy atom. The van der Waals surface area contributed by atoms with Gasteiger partial charge in [0.25, 0.3) is 0 Å². The van der Waals surface area contributed by atoms with Crippen LogP contribution >= 0.6 is 15.9 Å². The summed E-state index contributed by atoms with van der Waals surface area (Å²) in [6.07, 6.45) is 1.01. The predicted molar refractivity (Wildman–Crippen MR) is 84.9 cm³/mol. The molecule has 1 heterocycles. The van der Waals surface area contributed by atoms with Crippen LogP contribution in [0.25, 0.3) is 0 Å². The average Bonchev–Trinajstić information content (AvgIpc) is 2.39. The Hall–Kier alpha value is -0.540. The lowest BCUT2D eigenvalue weighted by atomic mass is 9.94. The Kier molecular flexibility index (Phi) is 3.74.